The van der Waals surface area contributed by atoms with Gasteiger partial charge in [0.1, 0.15) is 0 Å². The van der Waals surface area contributed by atoms with Crippen molar-refractivity contribution < 1.29 is 75.4 Å². The fraction of sp³-hybridized carbons (Fsp3) is 0.700. The summed E-state index contributed by atoms with van der Waals surface area (Å²) in [5, 5.41) is 0. The molecule has 0 aromatic carbocycles. The molecule has 0 spiro atoms. The van der Waals surface area contributed by atoms with Crippen molar-refractivity contribution in [3.05, 3.63) is 19.8 Å². The van der Waals surface area contributed by atoms with Crippen LogP contribution in [0.25, 0.3) is 0 Å². The van der Waals surface area contributed by atoms with Gasteiger partial charge in [0, 0.05) is 0 Å². The minimum Gasteiger partial charge on any atom is -0.343 e. The Morgan fingerprint density at radius 1 is 0.857 bits per heavy atom. The van der Waals surface area contributed by atoms with Crippen LogP contribution in [-0.4, -0.2) is 0 Å². The van der Waals surface area contributed by atoms with E-state index >= 15 is 0 Å². The smallest absolute Gasteiger partial charge is 0.343 e. The maximum absolute atomic E-state index is 3.79. The van der Waals surface area contributed by atoms with Gasteiger partial charge in [-0.15, -0.1) is 6.42 Å². The Morgan fingerprint density at radius 3 is 1.79 bits per heavy atom. The van der Waals surface area contributed by atoms with Crippen LogP contribution in [0.1, 0.15) is 45.4 Å². The van der Waals surface area contributed by atoms with E-state index in [1.54, 1.807) is 0 Å². The average Bonchev–Trinajstić information content (AvgIpc) is 1.97. The largest absolute Gasteiger partial charge is 1.00 e. The molecule has 0 N–H and O–H groups in total. The molecule has 0 aliphatic carbocycles. The summed E-state index contributed by atoms with van der Waals surface area (Å²) < 4.78 is 0. The molecular weight excluding hydrogens is 148 g/mol. The number of hydrogen-bond acceptors (Lipinski definition) is 0. The molecule has 0 aromatic heterocycles. The summed E-state index contributed by atoms with van der Waals surface area (Å²) >= 11 is 0. The first-order chi connectivity index (χ1) is 4.91. The van der Waals surface area contributed by atoms with Gasteiger partial charge in [-0.3, -0.25) is 0 Å². The standard InChI is InChI=1S/C10H19.4Li/c1-3-5-7-9-10-8-6-4-2;;;;/h6,9H,1,3-5,7-8,10H2,2H3;;;;/q-3;4*+1. The van der Waals surface area contributed by atoms with Gasteiger partial charge >= 0.3 is 75.4 Å². The Morgan fingerprint density at radius 2 is 1.36 bits per heavy atom. The first-order valence-electron chi connectivity index (χ1n) is 4.34. The monoisotopic (exact) mass is 167 g/mol. The Balaban J connectivity index is -0.0000000675. The molecule has 14 heavy (non-hydrogen) atoms. The molecular formula is C10H19Li4+. The summed E-state index contributed by atoms with van der Waals surface area (Å²) in [6.45, 7) is 5.98. The summed E-state index contributed by atoms with van der Waals surface area (Å²) in [6.07, 6.45) is 12.0. The van der Waals surface area contributed by atoms with Crippen LogP contribution >= 0.6 is 0 Å². The van der Waals surface area contributed by atoms with Gasteiger partial charge in [0.25, 0.3) is 0 Å². The molecule has 0 nitrogen and oxygen atoms in total. The summed E-state index contributed by atoms with van der Waals surface area (Å²) in [7, 11) is 0. The van der Waals surface area contributed by atoms with Gasteiger partial charge < -0.3 is 19.8 Å². The second-order valence-electron chi connectivity index (χ2n) is 2.56. The van der Waals surface area contributed by atoms with E-state index in [1.165, 1.54) is 32.1 Å². The Kier molecular flexibility index (Phi) is 63.1. The summed E-state index contributed by atoms with van der Waals surface area (Å²) in [5.41, 5.74) is 0. The molecule has 0 aliphatic heterocycles. The van der Waals surface area contributed by atoms with Crippen molar-refractivity contribution in [1.82, 2.24) is 0 Å². The molecule has 4 heteroatoms. The van der Waals surface area contributed by atoms with Crippen LogP contribution in [0, 0.1) is 19.8 Å². The number of hydrogen-bond donors (Lipinski definition) is 0. The van der Waals surface area contributed by atoms with Crippen LogP contribution in [0.5, 0.6) is 0 Å². The van der Waals surface area contributed by atoms with Crippen molar-refractivity contribution in [2.24, 2.45) is 0 Å². The van der Waals surface area contributed by atoms with E-state index in [4.69, 9.17) is 0 Å². The third-order valence-electron chi connectivity index (χ3n) is 1.52. The molecule has 0 amide bonds. The molecule has 0 rings (SSSR count). The Labute approximate surface area is 139 Å². The molecule has 0 aromatic rings. The Hall–Kier alpha value is 2.39. The quantitative estimate of drug-likeness (QED) is 0.201. The third kappa shape index (κ3) is 29.3. The molecule has 0 atom stereocenters. The van der Waals surface area contributed by atoms with Crippen molar-refractivity contribution in [2.75, 3.05) is 0 Å². The van der Waals surface area contributed by atoms with Gasteiger partial charge in [-0.2, -0.15) is 19.3 Å². The topological polar surface area (TPSA) is 0 Å². The van der Waals surface area contributed by atoms with Gasteiger partial charge in [0.2, 0.25) is 0 Å². The average molecular weight is 167 g/mol. The van der Waals surface area contributed by atoms with Crippen molar-refractivity contribution in [3.63, 3.8) is 0 Å². The molecule has 0 saturated carbocycles. The van der Waals surface area contributed by atoms with E-state index in [1.807, 2.05) is 0 Å². The van der Waals surface area contributed by atoms with Crippen LogP contribution in [0.4, 0.5) is 0 Å². The first-order valence-corrected chi connectivity index (χ1v) is 4.34. The zero-order valence-electron chi connectivity index (χ0n) is 11.1. The van der Waals surface area contributed by atoms with Crippen molar-refractivity contribution in [2.45, 2.75) is 45.4 Å². The predicted octanol–water partition coefficient (Wildman–Crippen LogP) is -8.39. The van der Waals surface area contributed by atoms with Gasteiger partial charge in [-0.05, 0) is 0 Å². The molecule has 0 aliphatic rings. The van der Waals surface area contributed by atoms with Crippen molar-refractivity contribution in [3.8, 4) is 0 Å². The van der Waals surface area contributed by atoms with Gasteiger partial charge in [0.05, 0.1) is 0 Å². The maximum atomic E-state index is 3.79. The van der Waals surface area contributed by atoms with Gasteiger partial charge in [-0.25, -0.2) is 12.8 Å². The zero-order valence-corrected chi connectivity index (χ0v) is 11.1. The van der Waals surface area contributed by atoms with Crippen LogP contribution in [0.3, 0.4) is 0 Å². The third-order valence-corrected chi connectivity index (χ3v) is 1.52. The summed E-state index contributed by atoms with van der Waals surface area (Å²) in [5.74, 6) is 0. The SMILES string of the molecule is [CH2-]CCC[CH-]CC[CH-]CC.[Li+].[Li+].[Li+].[Li+]. The van der Waals surface area contributed by atoms with Crippen LogP contribution in [0.2, 0.25) is 0 Å². The number of unbranched alkanes of at least 4 members (excludes halogenated alkanes) is 7. The van der Waals surface area contributed by atoms with E-state index in [0.29, 0.717) is 0 Å². The van der Waals surface area contributed by atoms with Gasteiger partial charge in [-0.1, -0.05) is 6.92 Å². The number of rotatable bonds is 7. The Bertz CT molecular complexity index is 52.1. The van der Waals surface area contributed by atoms with Crippen molar-refractivity contribution >= 4 is 0 Å². The summed E-state index contributed by atoms with van der Waals surface area (Å²) in [4.78, 5) is 0. The van der Waals surface area contributed by atoms with Crippen LogP contribution < -0.4 is 75.4 Å². The van der Waals surface area contributed by atoms with Crippen LogP contribution in [0.15, 0.2) is 0 Å². The molecule has 0 saturated heterocycles. The second kappa shape index (κ2) is 29.5. The minimum absolute atomic E-state index is 0. The predicted molar refractivity (Wildman–Crippen MR) is 47.3 cm³/mol. The molecule has 62 valence electrons. The molecule has 0 bridgehead atoms. The maximum Gasteiger partial charge on any atom is 1.00 e. The first kappa shape index (κ1) is 29.9. The normalized spacial score (nSPS) is 7.29. The fourth-order valence-corrected chi connectivity index (χ4v) is 0.873. The zero-order chi connectivity index (χ0) is 7.66. The van der Waals surface area contributed by atoms with Crippen molar-refractivity contribution in [1.29, 1.82) is 0 Å². The summed E-state index contributed by atoms with van der Waals surface area (Å²) in [6, 6.07) is 0. The van der Waals surface area contributed by atoms with E-state index in [2.05, 4.69) is 26.7 Å². The van der Waals surface area contributed by atoms with E-state index in [0.717, 1.165) is 6.42 Å². The van der Waals surface area contributed by atoms with Gasteiger partial charge in [0.15, 0.2) is 0 Å². The second-order valence-corrected chi connectivity index (χ2v) is 2.56. The minimum atomic E-state index is 0. The van der Waals surface area contributed by atoms with E-state index < -0.39 is 0 Å². The molecule has 0 unspecified atom stereocenters. The molecule has 0 heterocycles. The fourth-order valence-electron chi connectivity index (χ4n) is 0.873. The van der Waals surface area contributed by atoms with E-state index in [-0.39, 0.29) is 75.4 Å². The molecule has 0 fully saturated rings. The van der Waals surface area contributed by atoms with E-state index in [9.17, 15) is 0 Å². The molecule has 0 radical (unpaired) electrons. The van der Waals surface area contributed by atoms with Crippen LogP contribution in [-0.2, 0) is 0 Å².